The summed E-state index contributed by atoms with van der Waals surface area (Å²) in [5.74, 6) is -0.309. The third-order valence-corrected chi connectivity index (χ3v) is 4.09. The van der Waals surface area contributed by atoms with Crippen LogP contribution >= 0.6 is 12.2 Å². The molecule has 0 saturated heterocycles. The Balaban J connectivity index is 2.27. The van der Waals surface area contributed by atoms with Crippen LogP contribution in [-0.2, 0) is 12.8 Å². The van der Waals surface area contributed by atoms with Crippen molar-refractivity contribution in [2.75, 3.05) is 0 Å². The topological polar surface area (TPSA) is 37.8 Å². The fourth-order valence-corrected chi connectivity index (χ4v) is 3.08. The van der Waals surface area contributed by atoms with Gasteiger partial charge >= 0.3 is 5.69 Å². The third kappa shape index (κ3) is 2.33. The molecular formula is C15H15FN2OS. The minimum Gasteiger partial charge on any atom is -0.298 e. The highest BCUT2D eigenvalue weighted by molar-refractivity contribution is 7.71. The maximum atomic E-state index is 13.1. The zero-order valence-electron chi connectivity index (χ0n) is 11.0. The molecule has 0 bridgehead atoms. The normalized spacial score (nSPS) is 14.7. The largest absolute Gasteiger partial charge is 0.331 e. The van der Waals surface area contributed by atoms with Gasteiger partial charge in [0.15, 0.2) is 0 Å². The number of fused-ring (bicyclic) bond motifs is 1. The molecule has 3 rings (SSSR count). The quantitative estimate of drug-likeness (QED) is 0.646. The molecule has 1 heterocycles. The maximum Gasteiger partial charge on any atom is 0.331 e. The standard InChI is InChI=1S/C15H15FN2OS/c16-10-6-8-11(9-7-10)18-13-5-3-1-2-4-12(13)14(20)17-15(18)19/h6-9H,1-5H2,(H,17,19,20). The first-order valence-electron chi connectivity index (χ1n) is 6.80. The Morgan fingerprint density at radius 1 is 1.10 bits per heavy atom. The molecule has 0 fully saturated rings. The number of H-pyrrole nitrogens is 1. The number of benzene rings is 1. The first-order valence-corrected chi connectivity index (χ1v) is 7.20. The molecule has 0 radical (unpaired) electrons. The average Bonchev–Trinajstić information content (AvgIpc) is 2.67. The number of hydrogen-bond donors (Lipinski definition) is 1. The number of hydrogen-bond acceptors (Lipinski definition) is 2. The second-order valence-corrected chi connectivity index (χ2v) is 5.47. The minimum absolute atomic E-state index is 0.248. The van der Waals surface area contributed by atoms with Crippen molar-refractivity contribution in [3.05, 3.63) is 56.5 Å². The molecule has 104 valence electrons. The predicted molar refractivity (Wildman–Crippen MR) is 78.4 cm³/mol. The fourth-order valence-electron chi connectivity index (χ4n) is 2.77. The van der Waals surface area contributed by atoms with Crippen LogP contribution < -0.4 is 5.69 Å². The van der Waals surface area contributed by atoms with E-state index in [-0.39, 0.29) is 11.5 Å². The molecular weight excluding hydrogens is 275 g/mol. The van der Waals surface area contributed by atoms with Gasteiger partial charge in [0.1, 0.15) is 10.5 Å². The van der Waals surface area contributed by atoms with Crippen molar-refractivity contribution in [2.45, 2.75) is 32.1 Å². The van der Waals surface area contributed by atoms with Gasteiger partial charge in [-0.2, -0.15) is 0 Å². The van der Waals surface area contributed by atoms with Gasteiger partial charge in [-0.1, -0.05) is 18.6 Å². The lowest BCUT2D eigenvalue weighted by molar-refractivity contribution is 0.626. The van der Waals surface area contributed by atoms with Crippen LogP contribution in [0.5, 0.6) is 0 Å². The summed E-state index contributed by atoms with van der Waals surface area (Å²) in [6, 6.07) is 5.98. The number of aromatic nitrogens is 2. The molecule has 20 heavy (non-hydrogen) atoms. The summed E-state index contributed by atoms with van der Waals surface area (Å²) < 4.78 is 15.2. The molecule has 0 unspecified atom stereocenters. The van der Waals surface area contributed by atoms with Gasteiger partial charge in [0.2, 0.25) is 0 Å². The van der Waals surface area contributed by atoms with E-state index in [1.165, 1.54) is 12.1 Å². The molecule has 2 aromatic rings. The van der Waals surface area contributed by atoms with Crippen molar-refractivity contribution >= 4 is 12.2 Å². The van der Waals surface area contributed by atoms with Crippen LogP contribution in [0.1, 0.15) is 30.5 Å². The fraction of sp³-hybridized carbons (Fsp3) is 0.333. The number of aromatic amines is 1. The van der Waals surface area contributed by atoms with E-state index < -0.39 is 0 Å². The maximum absolute atomic E-state index is 13.1. The molecule has 0 atom stereocenters. The van der Waals surface area contributed by atoms with E-state index in [1.807, 2.05) is 0 Å². The van der Waals surface area contributed by atoms with E-state index in [0.29, 0.717) is 10.3 Å². The zero-order chi connectivity index (χ0) is 14.1. The highest BCUT2D eigenvalue weighted by Crippen LogP contribution is 2.22. The van der Waals surface area contributed by atoms with Crippen LogP contribution in [0.3, 0.4) is 0 Å². The van der Waals surface area contributed by atoms with E-state index in [9.17, 15) is 9.18 Å². The first-order chi connectivity index (χ1) is 9.66. The van der Waals surface area contributed by atoms with Crippen molar-refractivity contribution in [1.82, 2.24) is 9.55 Å². The van der Waals surface area contributed by atoms with Gasteiger partial charge in [-0.15, -0.1) is 0 Å². The molecule has 5 heteroatoms. The number of rotatable bonds is 1. The summed E-state index contributed by atoms with van der Waals surface area (Å²) >= 11 is 5.29. The molecule has 3 nitrogen and oxygen atoms in total. The summed E-state index contributed by atoms with van der Waals surface area (Å²) in [6.07, 6.45) is 5.01. The predicted octanol–water partition coefficient (Wildman–Crippen LogP) is 3.30. The molecule has 0 spiro atoms. The highest BCUT2D eigenvalue weighted by atomic mass is 32.1. The van der Waals surface area contributed by atoms with Crippen LogP contribution in [0.4, 0.5) is 4.39 Å². The van der Waals surface area contributed by atoms with Crippen molar-refractivity contribution in [2.24, 2.45) is 0 Å². The summed E-state index contributed by atoms with van der Waals surface area (Å²) in [7, 11) is 0. The van der Waals surface area contributed by atoms with E-state index in [0.717, 1.165) is 43.4 Å². The Hall–Kier alpha value is -1.75. The third-order valence-electron chi connectivity index (χ3n) is 3.74. The van der Waals surface area contributed by atoms with Gasteiger partial charge in [-0.05, 0) is 49.9 Å². The highest BCUT2D eigenvalue weighted by Gasteiger charge is 2.16. The molecule has 0 aliphatic heterocycles. The molecule has 1 aromatic carbocycles. The minimum atomic E-state index is -0.309. The Morgan fingerprint density at radius 2 is 1.80 bits per heavy atom. The number of nitrogens with one attached hydrogen (secondary N) is 1. The lowest BCUT2D eigenvalue weighted by Gasteiger charge is -2.15. The molecule has 1 aliphatic carbocycles. The molecule has 1 aliphatic rings. The van der Waals surface area contributed by atoms with E-state index in [1.54, 1.807) is 16.7 Å². The molecule has 1 N–H and O–H groups in total. The van der Waals surface area contributed by atoms with Gasteiger partial charge in [0.05, 0.1) is 5.69 Å². The van der Waals surface area contributed by atoms with Crippen molar-refractivity contribution < 1.29 is 4.39 Å². The average molecular weight is 290 g/mol. The zero-order valence-corrected chi connectivity index (χ0v) is 11.8. The summed E-state index contributed by atoms with van der Waals surface area (Å²) in [6.45, 7) is 0. The monoisotopic (exact) mass is 290 g/mol. The van der Waals surface area contributed by atoms with E-state index in [4.69, 9.17) is 12.2 Å². The molecule has 1 aromatic heterocycles. The van der Waals surface area contributed by atoms with E-state index in [2.05, 4.69) is 4.98 Å². The summed E-state index contributed by atoms with van der Waals surface area (Å²) in [5, 5.41) is 0. The molecule has 0 saturated carbocycles. The van der Waals surface area contributed by atoms with Gasteiger partial charge < -0.3 is 0 Å². The van der Waals surface area contributed by atoms with Gasteiger partial charge in [-0.3, -0.25) is 9.55 Å². The van der Waals surface area contributed by atoms with Crippen LogP contribution in [0.15, 0.2) is 29.1 Å². The van der Waals surface area contributed by atoms with Crippen molar-refractivity contribution in [3.63, 3.8) is 0 Å². The van der Waals surface area contributed by atoms with Crippen molar-refractivity contribution in [3.8, 4) is 5.69 Å². The first kappa shape index (κ1) is 13.2. The number of nitrogens with zero attached hydrogens (tertiary/aromatic N) is 1. The molecule has 0 amide bonds. The van der Waals surface area contributed by atoms with Crippen molar-refractivity contribution in [1.29, 1.82) is 0 Å². The number of halogens is 1. The van der Waals surface area contributed by atoms with E-state index >= 15 is 0 Å². The van der Waals surface area contributed by atoms with Crippen LogP contribution in [-0.4, -0.2) is 9.55 Å². The Kier molecular flexibility index (Phi) is 3.53. The van der Waals surface area contributed by atoms with Crippen LogP contribution in [0, 0.1) is 10.5 Å². The smallest absolute Gasteiger partial charge is 0.298 e. The van der Waals surface area contributed by atoms with Crippen LogP contribution in [0.25, 0.3) is 5.69 Å². The summed E-state index contributed by atoms with van der Waals surface area (Å²) in [4.78, 5) is 15.0. The van der Waals surface area contributed by atoms with Gasteiger partial charge in [0.25, 0.3) is 0 Å². The lowest BCUT2D eigenvalue weighted by atomic mass is 10.1. The second-order valence-electron chi connectivity index (χ2n) is 5.06. The van der Waals surface area contributed by atoms with Gasteiger partial charge in [0, 0.05) is 11.3 Å². The van der Waals surface area contributed by atoms with Crippen LogP contribution in [0.2, 0.25) is 0 Å². The Bertz CT molecular complexity index is 746. The SMILES string of the molecule is O=c1[nH]c(=S)c2c(n1-c1ccc(F)cc1)CCCCC2. The summed E-state index contributed by atoms with van der Waals surface area (Å²) in [5.41, 5.74) is 2.47. The lowest BCUT2D eigenvalue weighted by Crippen LogP contribution is -2.26. The van der Waals surface area contributed by atoms with Gasteiger partial charge in [-0.25, -0.2) is 9.18 Å². The second kappa shape index (κ2) is 5.32. The Labute approximate surface area is 121 Å². The Morgan fingerprint density at radius 3 is 2.55 bits per heavy atom.